The zero-order chi connectivity index (χ0) is 27.0. The minimum atomic E-state index is -4.04. The summed E-state index contributed by atoms with van der Waals surface area (Å²) in [4.78, 5) is 12.3. The number of anilines is 1. The lowest BCUT2D eigenvalue weighted by atomic mass is 10.2. The number of alkyl halides is 4. The number of benzene rings is 3. The van der Waals surface area contributed by atoms with Gasteiger partial charge < -0.3 is 14.2 Å². The normalized spacial score (nSPS) is 11.5. The van der Waals surface area contributed by atoms with E-state index in [0.29, 0.717) is 5.75 Å². The van der Waals surface area contributed by atoms with E-state index in [1.807, 2.05) is 0 Å². The Labute approximate surface area is 208 Å². The highest BCUT2D eigenvalue weighted by atomic mass is 32.2. The van der Waals surface area contributed by atoms with Crippen molar-refractivity contribution in [3.8, 4) is 17.2 Å². The lowest BCUT2D eigenvalue weighted by Gasteiger charge is -2.11. The highest BCUT2D eigenvalue weighted by Gasteiger charge is 2.17. The molecule has 2 N–H and O–H groups in total. The summed E-state index contributed by atoms with van der Waals surface area (Å²) >= 11 is 0. The molecule has 0 heterocycles. The molecule has 0 radical (unpaired) electrons. The SMILES string of the molecule is COc1ccc(NS(=O)(=O)c2cccc(C(=O)N/N=C\c3ccc(OC(F)F)cc3OC(F)F)c2)cc1. The second kappa shape index (κ2) is 12.1. The number of halogens is 4. The van der Waals surface area contributed by atoms with Crippen LogP contribution in [0.2, 0.25) is 0 Å². The first-order chi connectivity index (χ1) is 17.6. The molecule has 0 aromatic heterocycles. The molecular weight excluding hydrogens is 522 g/mol. The molecule has 0 aliphatic rings. The fourth-order valence-electron chi connectivity index (χ4n) is 2.90. The van der Waals surface area contributed by atoms with Gasteiger partial charge >= 0.3 is 13.2 Å². The second-order valence-corrected chi connectivity index (χ2v) is 8.70. The number of carbonyl (C=O) groups is 1. The molecule has 37 heavy (non-hydrogen) atoms. The molecule has 0 unspecified atom stereocenters. The van der Waals surface area contributed by atoms with Crippen molar-refractivity contribution in [3.63, 3.8) is 0 Å². The first kappa shape index (κ1) is 27.3. The number of carbonyl (C=O) groups excluding carboxylic acids is 1. The van der Waals surface area contributed by atoms with E-state index in [1.54, 1.807) is 12.1 Å². The van der Waals surface area contributed by atoms with E-state index in [1.165, 1.54) is 37.4 Å². The van der Waals surface area contributed by atoms with Crippen molar-refractivity contribution in [2.24, 2.45) is 5.10 Å². The van der Waals surface area contributed by atoms with Gasteiger partial charge in [-0.3, -0.25) is 9.52 Å². The van der Waals surface area contributed by atoms with E-state index < -0.39 is 40.7 Å². The van der Waals surface area contributed by atoms with Crippen molar-refractivity contribution >= 4 is 27.8 Å². The van der Waals surface area contributed by atoms with Gasteiger partial charge in [-0.25, -0.2) is 13.8 Å². The number of amides is 1. The maximum atomic E-state index is 12.7. The lowest BCUT2D eigenvalue weighted by molar-refractivity contribution is -0.0543. The van der Waals surface area contributed by atoms with Gasteiger partial charge in [0.2, 0.25) is 0 Å². The van der Waals surface area contributed by atoms with Crippen molar-refractivity contribution in [2.75, 3.05) is 11.8 Å². The number of hydrogen-bond donors (Lipinski definition) is 2. The molecule has 3 rings (SSSR count). The summed E-state index contributed by atoms with van der Waals surface area (Å²) in [6.07, 6.45) is 0.938. The van der Waals surface area contributed by atoms with Crippen molar-refractivity contribution in [1.82, 2.24) is 5.43 Å². The lowest BCUT2D eigenvalue weighted by Crippen LogP contribution is -2.19. The molecule has 0 spiro atoms. The monoisotopic (exact) mass is 541 g/mol. The van der Waals surface area contributed by atoms with Gasteiger partial charge in [0.05, 0.1) is 18.2 Å². The summed E-state index contributed by atoms with van der Waals surface area (Å²) in [5, 5.41) is 3.64. The van der Waals surface area contributed by atoms with Crippen molar-refractivity contribution < 1.29 is 45.0 Å². The van der Waals surface area contributed by atoms with Crippen LogP contribution in [0, 0.1) is 0 Å². The molecule has 9 nitrogen and oxygen atoms in total. The quantitative estimate of drug-likeness (QED) is 0.210. The minimum absolute atomic E-state index is 0.0699. The predicted molar refractivity (Wildman–Crippen MR) is 125 cm³/mol. The smallest absolute Gasteiger partial charge is 0.387 e. The third kappa shape index (κ3) is 7.83. The Morgan fingerprint density at radius 2 is 1.59 bits per heavy atom. The number of nitrogens with zero attached hydrogens (tertiary/aromatic N) is 1. The van der Waals surface area contributed by atoms with Crippen LogP contribution in [0.15, 0.2) is 76.7 Å². The first-order valence-electron chi connectivity index (χ1n) is 10.2. The van der Waals surface area contributed by atoms with E-state index in [0.717, 1.165) is 30.5 Å². The number of rotatable bonds is 11. The van der Waals surface area contributed by atoms with Gasteiger partial charge in [-0.2, -0.15) is 22.7 Å². The summed E-state index contributed by atoms with van der Waals surface area (Å²) < 4.78 is 91.4. The Balaban J connectivity index is 1.72. The highest BCUT2D eigenvalue weighted by molar-refractivity contribution is 7.92. The van der Waals surface area contributed by atoms with Crippen LogP contribution in [0.25, 0.3) is 0 Å². The molecule has 3 aromatic carbocycles. The largest absolute Gasteiger partial charge is 0.497 e. The Morgan fingerprint density at radius 3 is 2.24 bits per heavy atom. The van der Waals surface area contributed by atoms with Crippen LogP contribution in [-0.4, -0.2) is 40.9 Å². The zero-order valence-corrected chi connectivity index (χ0v) is 19.7. The minimum Gasteiger partial charge on any atom is -0.497 e. The first-order valence-corrected chi connectivity index (χ1v) is 11.7. The van der Waals surface area contributed by atoms with Gasteiger partial charge in [0.25, 0.3) is 15.9 Å². The molecule has 0 bridgehead atoms. The van der Waals surface area contributed by atoms with Crippen molar-refractivity contribution in [1.29, 1.82) is 0 Å². The summed E-state index contributed by atoms with van der Waals surface area (Å²) in [7, 11) is -2.57. The van der Waals surface area contributed by atoms with Gasteiger partial charge in [-0.15, -0.1) is 0 Å². The number of ether oxygens (including phenoxy) is 3. The Hall–Kier alpha value is -4.33. The zero-order valence-electron chi connectivity index (χ0n) is 18.9. The maximum absolute atomic E-state index is 12.7. The molecule has 0 atom stereocenters. The van der Waals surface area contributed by atoms with E-state index in [-0.39, 0.29) is 21.7 Å². The maximum Gasteiger partial charge on any atom is 0.387 e. The molecule has 0 saturated carbocycles. The van der Waals surface area contributed by atoms with Gasteiger partial charge in [-0.1, -0.05) is 6.07 Å². The van der Waals surface area contributed by atoms with Gasteiger partial charge in [0.15, 0.2) is 0 Å². The number of hydrogen-bond acceptors (Lipinski definition) is 7. The Morgan fingerprint density at radius 1 is 0.919 bits per heavy atom. The standard InChI is InChI=1S/C23H19F4N3O6S/c1-34-17-9-6-16(7-10-17)30-37(32,33)19-4-2-3-14(11-19)21(31)29-28-13-15-5-8-18(35-22(24)25)12-20(15)36-23(26)27/h2-13,22-23,30H,1H3,(H,29,31)/b28-13-. The molecule has 1 amide bonds. The molecule has 3 aromatic rings. The molecule has 14 heteroatoms. The van der Waals surface area contributed by atoms with Crippen LogP contribution in [0.3, 0.4) is 0 Å². The van der Waals surface area contributed by atoms with Crippen LogP contribution in [0.4, 0.5) is 23.2 Å². The molecule has 0 fully saturated rings. The fourth-order valence-corrected chi connectivity index (χ4v) is 4.00. The van der Waals surface area contributed by atoms with Crippen molar-refractivity contribution in [3.05, 3.63) is 77.9 Å². The van der Waals surface area contributed by atoms with E-state index >= 15 is 0 Å². The summed E-state index contributed by atoms with van der Waals surface area (Å²) in [5.74, 6) is -1.23. The predicted octanol–water partition coefficient (Wildman–Crippen LogP) is 4.46. The number of methoxy groups -OCH3 is 1. The van der Waals surface area contributed by atoms with Gasteiger partial charge in [0, 0.05) is 22.9 Å². The second-order valence-electron chi connectivity index (χ2n) is 7.02. The Kier molecular flexibility index (Phi) is 8.90. The molecule has 0 saturated heterocycles. The molecular formula is C23H19F4N3O6S. The van der Waals surface area contributed by atoms with Crippen molar-refractivity contribution in [2.45, 2.75) is 18.1 Å². The van der Waals surface area contributed by atoms with E-state index in [9.17, 15) is 30.8 Å². The van der Waals surface area contributed by atoms with Crippen LogP contribution in [-0.2, 0) is 10.0 Å². The number of sulfonamides is 1. The van der Waals surface area contributed by atoms with Crippen LogP contribution < -0.4 is 24.4 Å². The average molecular weight is 541 g/mol. The number of nitrogens with one attached hydrogen (secondary N) is 2. The molecule has 0 aliphatic heterocycles. The van der Waals surface area contributed by atoms with Crippen LogP contribution in [0.1, 0.15) is 15.9 Å². The average Bonchev–Trinajstić information content (AvgIpc) is 2.85. The number of hydrazone groups is 1. The van der Waals surface area contributed by atoms with Gasteiger partial charge in [0.1, 0.15) is 17.2 Å². The summed E-state index contributed by atoms with van der Waals surface area (Å²) in [6, 6.07) is 14.2. The Bertz CT molecular complexity index is 1370. The third-order valence-electron chi connectivity index (χ3n) is 4.54. The van der Waals surface area contributed by atoms with Crippen LogP contribution in [0.5, 0.6) is 17.2 Å². The van der Waals surface area contributed by atoms with E-state index in [2.05, 4.69) is 24.7 Å². The fraction of sp³-hybridized carbons (Fsp3) is 0.130. The van der Waals surface area contributed by atoms with Crippen LogP contribution >= 0.6 is 0 Å². The summed E-state index contributed by atoms with van der Waals surface area (Å²) in [6.45, 7) is -6.44. The third-order valence-corrected chi connectivity index (χ3v) is 5.92. The highest BCUT2D eigenvalue weighted by Crippen LogP contribution is 2.26. The molecule has 0 aliphatic carbocycles. The topological polar surface area (TPSA) is 115 Å². The summed E-state index contributed by atoms with van der Waals surface area (Å²) in [5.41, 5.74) is 2.24. The van der Waals surface area contributed by atoms with E-state index in [4.69, 9.17) is 4.74 Å². The molecule has 196 valence electrons. The van der Waals surface area contributed by atoms with Gasteiger partial charge in [-0.05, 0) is 54.6 Å².